The molecule has 5 heteroatoms. The minimum absolute atomic E-state index is 0.132. The first-order chi connectivity index (χ1) is 12.4. The molecule has 0 saturated heterocycles. The van der Waals surface area contributed by atoms with E-state index >= 15 is 0 Å². The summed E-state index contributed by atoms with van der Waals surface area (Å²) in [4.78, 5) is 0. The lowest BCUT2D eigenvalue weighted by molar-refractivity contribution is -0.0359. The van der Waals surface area contributed by atoms with Crippen molar-refractivity contribution in [3.63, 3.8) is 0 Å². The molecular weight excluding hydrogens is 467 g/mol. The predicted molar refractivity (Wildman–Crippen MR) is 127 cm³/mol. The molecule has 0 heterocycles. The van der Waals surface area contributed by atoms with Crippen molar-refractivity contribution >= 4 is 30.9 Å². The highest BCUT2D eigenvalue weighted by Crippen LogP contribution is 2.40. The van der Waals surface area contributed by atoms with E-state index < -0.39 is 8.32 Å². The van der Waals surface area contributed by atoms with Gasteiger partial charge < -0.3 is 13.9 Å². The molecule has 0 aliphatic heterocycles. The Morgan fingerprint density at radius 2 is 1.59 bits per heavy atom. The Morgan fingerprint density at radius 1 is 1.04 bits per heavy atom. The van der Waals surface area contributed by atoms with Crippen LogP contribution in [0.1, 0.15) is 47.1 Å². The third-order valence-corrected chi connectivity index (χ3v) is 11.8. The molecule has 0 fully saturated rings. The normalized spacial score (nSPS) is 17.3. The summed E-state index contributed by atoms with van der Waals surface area (Å²) in [5.74, 6) is 1.71. The van der Waals surface area contributed by atoms with Gasteiger partial charge in [-0.05, 0) is 48.7 Å². The number of benzene rings is 1. The molecule has 0 aromatic heterocycles. The first-order valence-corrected chi connectivity index (χ1v) is 14.3. The van der Waals surface area contributed by atoms with Gasteiger partial charge in [0.2, 0.25) is 0 Å². The predicted octanol–water partition coefficient (Wildman–Crippen LogP) is 6.70. The lowest BCUT2D eigenvalue weighted by atomic mass is 9.91. The maximum atomic E-state index is 6.86. The lowest BCUT2D eigenvalue weighted by Crippen LogP contribution is -2.49. The van der Waals surface area contributed by atoms with E-state index in [1.807, 2.05) is 12.1 Å². The summed E-state index contributed by atoms with van der Waals surface area (Å²) in [5.41, 5.74) is 1.17. The van der Waals surface area contributed by atoms with Crippen LogP contribution in [0.15, 0.2) is 24.3 Å². The zero-order valence-electron chi connectivity index (χ0n) is 18.6. The van der Waals surface area contributed by atoms with Gasteiger partial charge in [-0.25, -0.2) is 0 Å². The van der Waals surface area contributed by atoms with Gasteiger partial charge >= 0.3 is 0 Å². The van der Waals surface area contributed by atoms with Gasteiger partial charge in [0.05, 0.1) is 25.9 Å². The first-order valence-electron chi connectivity index (χ1n) is 9.91. The third-order valence-electron chi connectivity index (χ3n) is 5.97. The van der Waals surface area contributed by atoms with Crippen LogP contribution in [0.3, 0.4) is 0 Å². The number of alkyl halides is 1. The fourth-order valence-corrected chi connectivity index (χ4v) is 4.70. The van der Waals surface area contributed by atoms with Crippen LogP contribution in [0.2, 0.25) is 18.1 Å². The third kappa shape index (κ3) is 7.33. The molecule has 156 valence electrons. The van der Waals surface area contributed by atoms with E-state index in [9.17, 15) is 0 Å². The van der Waals surface area contributed by atoms with Crippen LogP contribution in [-0.2, 0) is 15.8 Å². The Morgan fingerprint density at radius 3 is 2.04 bits per heavy atom. The summed E-state index contributed by atoms with van der Waals surface area (Å²) < 4.78 is 19.4. The quantitative estimate of drug-likeness (QED) is 0.201. The second-order valence-corrected chi connectivity index (χ2v) is 14.8. The molecule has 1 aromatic rings. The zero-order valence-corrected chi connectivity index (χ0v) is 21.8. The van der Waals surface area contributed by atoms with E-state index in [2.05, 4.69) is 89.4 Å². The summed E-state index contributed by atoms with van der Waals surface area (Å²) in [6.07, 6.45) is 0.348. The number of ether oxygens (including phenoxy) is 2. The average Bonchev–Trinajstić information content (AvgIpc) is 2.62. The van der Waals surface area contributed by atoms with Gasteiger partial charge in [0.1, 0.15) is 5.75 Å². The average molecular weight is 507 g/mol. The van der Waals surface area contributed by atoms with Crippen LogP contribution < -0.4 is 4.74 Å². The van der Waals surface area contributed by atoms with Crippen LogP contribution in [0, 0.1) is 11.8 Å². The number of hydrogen-bond donors (Lipinski definition) is 0. The molecule has 4 atom stereocenters. The number of rotatable bonds is 10. The monoisotopic (exact) mass is 506 g/mol. The van der Waals surface area contributed by atoms with Crippen molar-refractivity contribution in [1.82, 2.24) is 0 Å². The van der Waals surface area contributed by atoms with E-state index in [4.69, 9.17) is 13.9 Å². The number of methoxy groups -OCH3 is 1. The van der Waals surface area contributed by atoms with Gasteiger partial charge in [-0.15, -0.1) is 0 Å². The molecule has 0 saturated carbocycles. The summed E-state index contributed by atoms with van der Waals surface area (Å²) >= 11 is 2.48. The van der Waals surface area contributed by atoms with Crippen molar-refractivity contribution in [3.05, 3.63) is 29.8 Å². The maximum Gasteiger partial charge on any atom is 0.192 e. The fourth-order valence-electron chi connectivity index (χ4n) is 2.71. The van der Waals surface area contributed by atoms with Gasteiger partial charge in [-0.1, -0.05) is 69.3 Å². The largest absolute Gasteiger partial charge is 0.497 e. The van der Waals surface area contributed by atoms with Gasteiger partial charge in [-0.2, -0.15) is 0 Å². The van der Waals surface area contributed by atoms with Crippen LogP contribution in [0.5, 0.6) is 5.75 Å². The maximum absolute atomic E-state index is 6.86. The highest BCUT2D eigenvalue weighted by molar-refractivity contribution is 14.1. The highest BCUT2D eigenvalue weighted by atomic mass is 127. The molecular formula is C22H39IO3Si. The Kier molecular flexibility index (Phi) is 9.79. The smallest absolute Gasteiger partial charge is 0.192 e. The first kappa shape index (κ1) is 24.9. The highest BCUT2D eigenvalue weighted by Gasteiger charge is 2.42. The SMILES string of the molecule is COc1ccc(COC(C)C(C)C(O[Si](C)(C)C(C)(C)C)C(C)CI)cc1. The summed E-state index contributed by atoms with van der Waals surface area (Å²) in [6, 6.07) is 8.09. The molecule has 0 N–H and O–H groups in total. The van der Waals surface area contributed by atoms with E-state index in [-0.39, 0.29) is 17.2 Å². The molecule has 0 aliphatic rings. The van der Waals surface area contributed by atoms with Crippen molar-refractivity contribution in [2.75, 3.05) is 11.5 Å². The van der Waals surface area contributed by atoms with Crippen molar-refractivity contribution in [2.24, 2.45) is 11.8 Å². The second kappa shape index (κ2) is 10.6. The summed E-state index contributed by atoms with van der Waals surface area (Å²) in [6.45, 7) is 19.0. The zero-order chi connectivity index (χ0) is 20.8. The van der Waals surface area contributed by atoms with Crippen molar-refractivity contribution in [3.8, 4) is 5.75 Å². The molecule has 27 heavy (non-hydrogen) atoms. The molecule has 4 unspecified atom stereocenters. The van der Waals surface area contributed by atoms with Crippen LogP contribution in [0.25, 0.3) is 0 Å². The van der Waals surface area contributed by atoms with E-state index in [0.717, 1.165) is 10.2 Å². The van der Waals surface area contributed by atoms with Gasteiger partial charge in [-0.3, -0.25) is 0 Å². The minimum Gasteiger partial charge on any atom is -0.497 e. The Hall–Kier alpha value is -0.113. The molecule has 0 amide bonds. The van der Waals surface area contributed by atoms with Crippen molar-refractivity contribution in [2.45, 2.75) is 78.5 Å². The van der Waals surface area contributed by atoms with Crippen molar-refractivity contribution < 1.29 is 13.9 Å². The minimum atomic E-state index is -1.83. The molecule has 1 rings (SSSR count). The van der Waals surface area contributed by atoms with Gasteiger partial charge in [0, 0.05) is 10.3 Å². The lowest BCUT2D eigenvalue weighted by Gasteiger charge is -2.43. The van der Waals surface area contributed by atoms with Crippen LogP contribution in [-0.4, -0.2) is 32.1 Å². The molecule has 0 spiro atoms. The molecule has 1 aromatic carbocycles. The molecule has 0 radical (unpaired) electrons. The Bertz CT molecular complexity index is 554. The van der Waals surface area contributed by atoms with Crippen LogP contribution in [0.4, 0.5) is 0 Å². The van der Waals surface area contributed by atoms with Crippen LogP contribution >= 0.6 is 22.6 Å². The number of halogens is 1. The van der Waals surface area contributed by atoms with Gasteiger partial charge in [0.15, 0.2) is 8.32 Å². The number of hydrogen-bond acceptors (Lipinski definition) is 3. The summed E-state index contributed by atoms with van der Waals surface area (Å²) in [5, 5.41) is 0.211. The standard InChI is InChI=1S/C22H39IO3Si/c1-16(14-23)21(26-27(8,9)22(4,5)6)17(2)18(3)25-15-19-10-12-20(24-7)13-11-19/h10-13,16-18,21H,14-15H2,1-9H3. The van der Waals surface area contributed by atoms with E-state index in [1.54, 1.807) is 7.11 Å². The Labute approximate surface area is 181 Å². The molecule has 0 aliphatic carbocycles. The second-order valence-electron chi connectivity index (χ2n) is 9.20. The summed E-state index contributed by atoms with van der Waals surface area (Å²) in [7, 11) is -0.139. The van der Waals surface area contributed by atoms with E-state index in [1.165, 1.54) is 5.56 Å². The van der Waals surface area contributed by atoms with Crippen molar-refractivity contribution in [1.29, 1.82) is 0 Å². The van der Waals surface area contributed by atoms with Gasteiger partial charge in [0.25, 0.3) is 0 Å². The molecule has 0 bridgehead atoms. The van der Waals surface area contributed by atoms with E-state index in [0.29, 0.717) is 18.4 Å². The molecule has 3 nitrogen and oxygen atoms in total. The topological polar surface area (TPSA) is 27.7 Å². The Balaban J connectivity index is 2.79. The fraction of sp³-hybridized carbons (Fsp3) is 0.727.